The highest BCUT2D eigenvalue weighted by atomic mass is 35.5. The SMILES string of the molecule is O=C(c1ccc(Cl)cc1)N1CCC(NC2CN(c3ccccn3)CC2O)CC1. The molecule has 2 aliphatic heterocycles. The minimum atomic E-state index is -0.421. The molecule has 7 heteroatoms. The number of anilines is 1. The van der Waals surface area contributed by atoms with Crippen molar-refractivity contribution in [3.05, 3.63) is 59.2 Å². The minimum Gasteiger partial charge on any atom is -0.390 e. The third-order valence-electron chi connectivity index (χ3n) is 5.59. The van der Waals surface area contributed by atoms with Crippen LogP contribution in [0.3, 0.4) is 0 Å². The van der Waals surface area contributed by atoms with Crippen molar-refractivity contribution in [1.82, 2.24) is 15.2 Å². The maximum absolute atomic E-state index is 12.6. The van der Waals surface area contributed by atoms with Gasteiger partial charge in [0.25, 0.3) is 5.91 Å². The van der Waals surface area contributed by atoms with Gasteiger partial charge in [0, 0.05) is 49.0 Å². The van der Waals surface area contributed by atoms with E-state index in [1.165, 1.54) is 0 Å². The molecule has 2 atom stereocenters. The number of β-amino-alcohol motifs (C(OH)–C–C–N with tert-alkyl or cyclic N) is 1. The average Bonchev–Trinajstić information content (AvgIpc) is 3.10. The number of amides is 1. The lowest BCUT2D eigenvalue weighted by Gasteiger charge is -2.34. The van der Waals surface area contributed by atoms with Gasteiger partial charge in [0.1, 0.15) is 5.82 Å². The van der Waals surface area contributed by atoms with Crippen LogP contribution >= 0.6 is 11.6 Å². The fourth-order valence-corrected chi connectivity index (χ4v) is 4.13. The number of piperidine rings is 1. The molecular weight excluding hydrogens is 376 g/mol. The Morgan fingerprint density at radius 2 is 1.86 bits per heavy atom. The van der Waals surface area contributed by atoms with Crippen molar-refractivity contribution >= 4 is 23.3 Å². The predicted octanol–water partition coefficient (Wildman–Crippen LogP) is 2.18. The maximum atomic E-state index is 12.6. The Balaban J connectivity index is 1.28. The Morgan fingerprint density at radius 3 is 2.54 bits per heavy atom. The van der Waals surface area contributed by atoms with E-state index in [-0.39, 0.29) is 11.9 Å². The summed E-state index contributed by atoms with van der Waals surface area (Å²) in [6.45, 7) is 2.75. The smallest absolute Gasteiger partial charge is 0.253 e. The zero-order chi connectivity index (χ0) is 19.5. The Morgan fingerprint density at radius 1 is 1.11 bits per heavy atom. The van der Waals surface area contributed by atoms with Gasteiger partial charge in [0.2, 0.25) is 0 Å². The average molecular weight is 401 g/mol. The number of rotatable bonds is 4. The number of benzene rings is 1. The lowest BCUT2D eigenvalue weighted by Crippen LogP contribution is -2.50. The van der Waals surface area contributed by atoms with Crippen LogP contribution in [0, 0.1) is 0 Å². The molecule has 2 N–H and O–H groups in total. The van der Waals surface area contributed by atoms with Crippen molar-refractivity contribution < 1.29 is 9.90 Å². The lowest BCUT2D eigenvalue weighted by atomic mass is 10.0. The van der Waals surface area contributed by atoms with Gasteiger partial charge < -0.3 is 20.2 Å². The fraction of sp³-hybridized carbons (Fsp3) is 0.429. The van der Waals surface area contributed by atoms with E-state index in [9.17, 15) is 9.90 Å². The standard InChI is InChI=1S/C21H25ClN4O2/c22-16-6-4-15(5-7-16)21(28)25-11-8-17(9-12-25)24-18-13-26(14-19(18)27)20-3-1-2-10-23-20/h1-7,10,17-19,24,27H,8-9,11-14H2. The lowest BCUT2D eigenvalue weighted by molar-refractivity contribution is 0.0691. The van der Waals surface area contributed by atoms with Crippen molar-refractivity contribution in [2.24, 2.45) is 0 Å². The monoisotopic (exact) mass is 400 g/mol. The van der Waals surface area contributed by atoms with Gasteiger partial charge in [0.15, 0.2) is 0 Å². The number of likely N-dealkylation sites (tertiary alicyclic amines) is 1. The molecule has 2 fully saturated rings. The summed E-state index contributed by atoms with van der Waals surface area (Å²) in [6.07, 6.45) is 3.12. The van der Waals surface area contributed by atoms with E-state index < -0.39 is 6.10 Å². The Labute approximate surface area is 170 Å². The number of hydrogen-bond donors (Lipinski definition) is 2. The van der Waals surface area contributed by atoms with Gasteiger partial charge in [-0.25, -0.2) is 4.98 Å². The van der Waals surface area contributed by atoms with Crippen LogP contribution in [0.2, 0.25) is 5.02 Å². The van der Waals surface area contributed by atoms with Crippen molar-refractivity contribution in [3.8, 4) is 0 Å². The number of nitrogens with one attached hydrogen (secondary N) is 1. The molecule has 2 aliphatic rings. The molecule has 2 unspecified atom stereocenters. The van der Waals surface area contributed by atoms with Crippen molar-refractivity contribution in [1.29, 1.82) is 0 Å². The number of carbonyl (C=O) groups excluding carboxylic acids is 1. The second kappa shape index (κ2) is 8.47. The van der Waals surface area contributed by atoms with Crippen LogP contribution in [0.15, 0.2) is 48.7 Å². The molecule has 6 nitrogen and oxygen atoms in total. The van der Waals surface area contributed by atoms with Gasteiger partial charge >= 0.3 is 0 Å². The van der Waals surface area contributed by atoms with Gasteiger partial charge in [-0.15, -0.1) is 0 Å². The Bertz CT molecular complexity index is 794. The molecule has 2 saturated heterocycles. The number of pyridine rings is 1. The number of nitrogens with zero attached hydrogens (tertiary/aromatic N) is 3. The molecule has 1 aromatic heterocycles. The second-order valence-electron chi connectivity index (χ2n) is 7.51. The zero-order valence-electron chi connectivity index (χ0n) is 15.7. The quantitative estimate of drug-likeness (QED) is 0.823. The number of hydrogen-bond acceptors (Lipinski definition) is 5. The Hall–Kier alpha value is -2.15. The molecule has 0 bridgehead atoms. The summed E-state index contributed by atoms with van der Waals surface area (Å²) in [4.78, 5) is 21.0. The fourth-order valence-electron chi connectivity index (χ4n) is 4.01. The van der Waals surface area contributed by atoms with Crippen LogP contribution in [0.1, 0.15) is 23.2 Å². The first-order valence-corrected chi connectivity index (χ1v) is 10.1. The van der Waals surface area contributed by atoms with Crippen LogP contribution in [0.4, 0.5) is 5.82 Å². The van der Waals surface area contributed by atoms with E-state index in [4.69, 9.17) is 11.6 Å². The topological polar surface area (TPSA) is 68.7 Å². The molecule has 1 amide bonds. The summed E-state index contributed by atoms with van der Waals surface area (Å²) in [5.41, 5.74) is 0.674. The number of carbonyl (C=O) groups is 1. The molecule has 2 aromatic rings. The number of aliphatic hydroxyl groups excluding tert-OH is 1. The molecular formula is C21H25ClN4O2. The van der Waals surface area contributed by atoms with Gasteiger partial charge in [-0.05, 0) is 49.2 Å². The van der Waals surface area contributed by atoms with E-state index in [2.05, 4.69) is 15.2 Å². The summed E-state index contributed by atoms with van der Waals surface area (Å²) < 4.78 is 0. The molecule has 3 heterocycles. The van der Waals surface area contributed by atoms with Gasteiger partial charge in [-0.2, -0.15) is 0 Å². The molecule has 148 valence electrons. The third kappa shape index (κ3) is 4.29. The molecule has 4 rings (SSSR count). The van der Waals surface area contributed by atoms with Gasteiger partial charge in [-0.3, -0.25) is 4.79 Å². The zero-order valence-corrected chi connectivity index (χ0v) is 16.4. The number of aromatic nitrogens is 1. The van der Waals surface area contributed by atoms with Crippen LogP contribution in [0.5, 0.6) is 0 Å². The highest BCUT2D eigenvalue weighted by Gasteiger charge is 2.34. The van der Waals surface area contributed by atoms with Crippen molar-refractivity contribution in [2.75, 3.05) is 31.1 Å². The van der Waals surface area contributed by atoms with E-state index in [1.807, 2.05) is 23.1 Å². The number of halogens is 1. The van der Waals surface area contributed by atoms with E-state index in [0.29, 0.717) is 36.3 Å². The number of aliphatic hydroxyl groups is 1. The minimum absolute atomic E-state index is 0.0190. The summed E-state index contributed by atoms with van der Waals surface area (Å²) >= 11 is 5.90. The van der Waals surface area contributed by atoms with Crippen LogP contribution in [-0.2, 0) is 0 Å². The van der Waals surface area contributed by atoms with Crippen LogP contribution < -0.4 is 10.2 Å². The Kier molecular flexibility index (Phi) is 5.80. The van der Waals surface area contributed by atoms with Gasteiger partial charge in [0.05, 0.1) is 12.1 Å². The molecule has 0 saturated carbocycles. The largest absolute Gasteiger partial charge is 0.390 e. The van der Waals surface area contributed by atoms with Crippen molar-refractivity contribution in [3.63, 3.8) is 0 Å². The van der Waals surface area contributed by atoms with Gasteiger partial charge in [-0.1, -0.05) is 17.7 Å². The van der Waals surface area contributed by atoms with E-state index in [1.54, 1.807) is 30.5 Å². The summed E-state index contributed by atoms with van der Waals surface area (Å²) in [7, 11) is 0. The van der Waals surface area contributed by atoms with Crippen molar-refractivity contribution in [2.45, 2.75) is 31.0 Å². The maximum Gasteiger partial charge on any atom is 0.253 e. The third-order valence-corrected chi connectivity index (χ3v) is 5.84. The van der Waals surface area contributed by atoms with Crippen LogP contribution in [-0.4, -0.2) is 65.3 Å². The van der Waals surface area contributed by atoms with Crippen LogP contribution in [0.25, 0.3) is 0 Å². The van der Waals surface area contributed by atoms with E-state index >= 15 is 0 Å². The predicted molar refractivity (Wildman–Crippen MR) is 110 cm³/mol. The summed E-state index contributed by atoms with van der Waals surface area (Å²) in [5, 5.41) is 14.7. The molecule has 0 spiro atoms. The first-order valence-electron chi connectivity index (χ1n) is 9.75. The first-order chi connectivity index (χ1) is 13.6. The molecule has 0 aliphatic carbocycles. The second-order valence-corrected chi connectivity index (χ2v) is 7.94. The summed E-state index contributed by atoms with van der Waals surface area (Å²) in [6, 6.07) is 13.2. The highest BCUT2D eigenvalue weighted by molar-refractivity contribution is 6.30. The summed E-state index contributed by atoms with van der Waals surface area (Å²) in [5.74, 6) is 0.951. The van der Waals surface area contributed by atoms with E-state index in [0.717, 1.165) is 25.2 Å². The molecule has 0 radical (unpaired) electrons. The highest BCUT2D eigenvalue weighted by Crippen LogP contribution is 2.21. The first kappa shape index (κ1) is 19.2. The molecule has 28 heavy (non-hydrogen) atoms. The molecule has 1 aromatic carbocycles. The normalized spacial score (nSPS) is 23.2.